The van der Waals surface area contributed by atoms with E-state index in [1.54, 1.807) is 0 Å². The third kappa shape index (κ3) is 3.40. The Kier molecular flexibility index (Phi) is 4.26. The highest BCUT2D eigenvalue weighted by atomic mass is 32.2. The monoisotopic (exact) mass is 414 g/mol. The largest absolute Gasteiger partial charge is 0.477 e. The Morgan fingerprint density at radius 1 is 1.00 bits per heavy atom. The Bertz CT molecular complexity index is 1250. The van der Waals surface area contributed by atoms with Crippen LogP contribution in [-0.4, -0.2) is 48.6 Å². The molecule has 0 aromatic heterocycles. The number of aliphatic carboxylic acids is 1. The zero-order chi connectivity index (χ0) is 20.1. The Balaban J connectivity index is 2.40. The lowest BCUT2D eigenvalue weighted by molar-refractivity contribution is -0.129. The lowest BCUT2D eigenvalue weighted by Crippen LogP contribution is -2.20. The first-order valence-electron chi connectivity index (χ1n) is 7.05. The third-order valence-electron chi connectivity index (χ3n) is 3.73. The molecule has 2 aromatic carbocycles. The van der Waals surface area contributed by atoms with E-state index in [9.17, 15) is 35.5 Å². The van der Waals surface area contributed by atoms with E-state index >= 15 is 0 Å². The van der Waals surface area contributed by atoms with Gasteiger partial charge in [-0.2, -0.15) is 26.9 Å². The first kappa shape index (κ1) is 18.9. The van der Waals surface area contributed by atoms with Crippen molar-refractivity contribution in [1.29, 1.82) is 0 Å². The second-order valence-corrected chi connectivity index (χ2v) is 8.26. The summed E-state index contributed by atoms with van der Waals surface area (Å²) < 4.78 is 65.5. The van der Waals surface area contributed by atoms with E-state index in [0.717, 1.165) is 24.3 Å². The normalized spacial score (nSPS) is 15.3. The molecule has 0 saturated carbocycles. The Morgan fingerprint density at radius 2 is 1.63 bits per heavy atom. The highest BCUT2D eigenvalue weighted by Crippen LogP contribution is 2.34. The fourth-order valence-corrected chi connectivity index (χ4v) is 4.04. The van der Waals surface area contributed by atoms with E-state index in [1.807, 2.05) is 0 Å². The molecular weight excluding hydrogens is 404 g/mol. The van der Waals surface area contributed by atoms with Gasteiger partial charge in [0.25, 0.3) is 26.1 Å². The summed E-state index contributed by atoms with van der Waals surface area (Å²) in [7, 11) is -9.65. The molecule has 0 unspecified atom stereocenters. The third-order valence-corrected chi connectivity index (χ3v) is 5.53. The molecule has 0 spiro atoms. The summed E-state index contributed by atoms with van der Waals surface area (Å²) in [5.41, 5.74) is -0.802. The van der Waals surface area contributed by atoms with E-state index in [-0.39, 0.29) is 16.5 Å². The molecule has 0 radical (unpaired) electrons. The minimum Gasteiger partial charge on any atom is -0.477 e. The van der Waals surface area contributed by atoms with Crippen LogP contribution in [0.3, 0.4) is 0 Å². The zero-order valence-electron chi connectivity index (χ0n) is 13.1. The average molecular weight is 414 g/mol. The average Bonchev–Trinajstić information content (AvgIpc) is 2.93. The van der Waals surface area contributed by atoms with Crippen LogP contribution < -0.4 is 5.01 Å². The number of carboxylic acids is 1. The van der Waals surface area contributed by atoms with Crippen LogP contribution in [-0.2, 0) is 29.8 Å². The molecule has 13 heteroatoms. The number of benzene rings is 2. The molecule has 1 heterocycles. The van der Waals surface area contributed by atoms with Crippen LogP contribution in [0.2, 0.25) is 0 Å². The predicted octanol–water partition coefficient (Wildman–Crippen LogP) is 0.511. The Morgan fingerprint density at radius 3 is 2.15 bits per heavy atom. The van der Waals surface area contributed by atoms with E-state index in [4.69, 9.17) is 5.11 Å². The number of amides is 1. The van der Waals surface area contributed by atoms with Gasteiger partial charge in [0.15, 0.2) is 5.71 Å². The van der Waals surface area contributed by atoms with Crippen LogP contribution in [0.25, 0.3) is 10.8 Å². The summed E-state index contributed by atoms with van der Waals surface area (Å²) >= 11 is 0. The van der Waals surface area contributed by atoms with Gasteiger partial charge in [-0.3, -0.25) is 13.9 Å². The van der Waals surface area contributed by atoms with Crippen LogP contribution in [0, 0.1) is 0 Å². The molecule has 2 aromatic rings. The van der Waals surface area contributed by atoms with Crippen molar-refractivity contribution in [3.8, 4) is 0 Å². The number of rotatable bonds is 4. The van der Waals surface area contributed by atoms with Crippen molar-refractivity contribution in [1.82, 2.24) is 0 Å². The molecule has 27 heavy (non-hydrogen) atoms. The van der Waals surface area contributed by atoms with E-state index in [2.05, 4.69) is 5.10 Å². The molecule has 1 aliphatic rings. The van der Waals surface area contributed by atoms with Crippen LogP contribution in [0.1, 0.15) is 6.42 Å². The lowest BCUT2D eigenvalue weighted by atomic mass is 10.1. The summed E-state index contributed by atoms with van der Waals surface area (Å²) in [6, 6.07) is 5.22. The highest BCUT2D eigenvalue weighted by molar-refractivity contribution is 7.86. The van der Waals surface area contributed by atoms with Crippen LogP contribution in [0.15, 0.2) is 45.2 Å². The van der Waals surface area contributed by atoms with Crippen molar-refractivity contribution in [2.45, 2.75) is 16.2 Å². The molecular formula is C14H10N2O9S2. The predicted molar refractivity (Wildman–Crippen MR) is 90.8 cm³/mol. The standard InChI is InChI=1S/C14H10N2O9S2/c17-13-6-10(14(18)19)15-16(13)7-4-9-8(12(5-7)27(23,24)25)2-1-3-11(9)26(20,21)22/h1-5H,6H2,(H,18,19)(H,20,21,22)(H,23,24,25). The van der Waals surface area contributed by atoms with Crippen molar-refractivity contribution < 1.29 is 40.6 Å². The Labute approximate surface area is 152 Å². The number of carbonyl (C=O) groups excluding carboxylic acids is 1. The first-order valence-corrected chi connectivity index (χ1v) is 9.93. The second kappa shape index (κ2) is 6.09. The van der Waals surface area contributed by atoms with Crippen molar-refractivity contribution in [3.63, 3.8) is 0 Å². The maximum absolute atomic E-state index is 12.0. The minimum atomic E-state index is -4.87. The summed E-state index contributed by atoms with van der Waals surface area (Å²) in [6.07, 6.45) is -0.561. The zero-order valence-corrected chi connectivity index (χ0v) is 14.7. The van der Waals surface area contributed by atoms with Crippen molar-refractivity contribution in [2.24, 2.45) is 5.10 Å². The number of hydrogen-bond acceptors (Lipinski definition) is 7. The molecule has 142 valence electrons. The van der Waals surface area contributed by atoms with Gasteiger partial charge in [0.2, 0.25) is 0 Å². The molecule has 0 saturated heterocycles. The number of carbonyl (C=O) groups is 2. The van der Waals surface area contributed by atoms with Gasteiger partial charge >= 0.3 is 5.97 Å². The summed E-state index contributed by atoms with van der Waals surface area (Å²) in [5.74, 6) is -2.27. The van der Waals surface area contributed by atoms with Gasteiger partial charge in [0, 0.05) is 10.8 Å². The summed E-state index contributed by atoms with van der Waals surface area (Å²) in [4.78, 5) is 21.6. The van der Waals surface area contributed by atoms with Crippen molar-refractivity contribution in [3.05, 3.63) is 30.3 Å². The molecule has 0 aliphatic carbocycles. The van der Waals surface area contributed by atoms with Crippen molar-refractivity contribution in [2.75, 3.05) is 5.01 Å². The quantitative estimate of drug-likeness (QED) is 0.601. The van der Waals surface area contributed by atoms with Gasteiger partial charge in [-0.05, 0) is 18.2 Å². The van der Waals surface area contributed by atoms with Crippen LogP contribution in [0.5, 0.6) is 0 Å². The summed E-state index contributed by atoms with van der Waals surface area (Å²) in [6.45, 7) is 0. The fraction of sp³-hybridized carbons (Fsp3) is 0.0714. The van der Waals surface area contributed by atoms with Gasteiger partial charge < -0.3 is 5.11 Å². The molecule has 0 fully saturated rings. The van der Waals surface area contributed by atoms with Gasteiger partial charge in [-0.15, -0.1) is 0 Å². The molecule has 1 amide bonds. The molecule has 3 N–H and O–H groups in total. The van der Waals surface area contributed by atoms with Crippen LogP contribution >= 0.6 is 0 Å². The molecule has 1 aliphatic heterocycles. The maximum Gasteiger partial charge on any atom is 0.352 e. The first-order chi connectivity index (χ1) is 12.4. The highest BCUT2D eigenvalue weighted by Gasteiger charge is 2.31. The topological polar surface area (TPSA) is 179 Å². The van der Waals surface area contributed by atoms with Crippen molar-refractivity contribution >= 4 is 54.3 Å². The number of carboxylic acid groups (broad SMARTS) is 1. The van der Waals surface area contributed by atoms with Crippen LogP contribution in [0.4, 0.5) is 5.69 Å². The molecule has 11 nitrogen and oxygen atoms in total. The summed E-state index contributed by atoms with van der Waals surface area (Å²) in [5, 5.41) is 12.6. The minimum absolute atomic E-state index is 0.231. The number of hydrazone groups is 1. The number of hydrogen-bond donors (Lipinski definition) is 3. The van der Waals surface area contributed by atoms with E-state index < -0.39 is 54.0 Å². The smallest absolute Gasteiger partial charge is 0.352 e. The molecule has 0 atom stereocenters. The maximum atomic E-state index is 12.0. The fourth-order valence-electron chi connectivity index (χ4n) is 2.62. The van der Waals surface area contributed by atoms with E-state index in [0.29, 0.717) is 5.01 Å². The van der Waals surface area contributed by atoms with Gasteiger partial charge in [-0.25, -0.2) is 4.79 Å². The number of nitrogens with zero attached hydrogens (tertiary/aromatic N) is 2. The van der Waals surface area contributed by atoms with E-state index in [1.165, 1.54) is 6.07 Å². The van der Waals surface area contributed by atoms with Gasteiger partial charge in [-0.1, -0.05) is 12.1 Å². The van der Waals surface area contributed by atoms with Gasteiger partial charge in [0.05, 0.1) is 12.1 Å². The number of anilines is 1. The molecule has 0 bridgehead atoms. The second-order valence-electron chi connectivity index (χ2n) is 5.48. The Hall–Kier alpha value is -2.87. The number of fused-ring (bicyclic) bond motifs is 1. The SMILES string of the molecule is O=C(O)C1=NN(c2cc(S(=O)(=O)O)c3cccc(S(=O)(=O)O)c3c2)C(=O)C1. The lowest BCUT2D eigenvalue weighted by Gasteiger charge is -2.15. The van der Waals surface area contributed by atoms with Gasteiger partial charge in [0.1, 0.15) is 9.79 Å². The molecule has 3 rings (SSSR count).